The molecule has 4 nitrogen and oxygen atoms in total. The molecule has 4 heteroatoms. The molecule has 0 aromatic carbocycles. The molecule has 0 saturated heterocycles. The van der Waals surface area contributed by atoms with Gasteiger partial charge >= 0.3 is 5.63 Å². The van der Waals surface area contributed by atoms with Gasteiger partial charge in [-0.3, -0.25) is 4.79 Å². The lowest BCUT2D eigenvalue weighted by Gasteiger charge is -2.30. The van der Waals surface area contributed by atoms with Crippen LogP contribution >= 0.6 is 0 Å². The van der Waals surface area contributed by atoms with Gasteiger partial charge in [0.05, 0.1) is 11.5 Å². The normalized spacial score (nSPS) is 21.4. The lowest BCUT2D eigenvalue weighted by Crippen LogP contribution is -2.26. The van der Waals surface area contributed by atoms with E-state index in [1.807, 2.05) is 6.92 Å². The minimum Gasteiger partial charge on any atom is -0.507 e. The molecule has 2 aliphatic rings. The Kier molecular flexibility index (Phi) is 7.36. The summed E-state index contributed by atoms with van der Waals surface area (Å²) in [6, 6.07) is 1.57. The lowest BCUT2D eigenvalue weighted by molar-refractivity contribution is -0.125. The molecule has 0 amide bonds. The average Bonchev–Trinajstić information content (AvgIpc) is 2.72. The van der Waals surface area contributed by atoms with E-state index in [1.165, 1.54) is 25.7 Å². The van der Waals surface area contributed by atoms with Crippen LogP contribution in [0.4, 0.5) is 0 Å². The number of hydrogen-bond acceptors (Lipinski definition) is 4. The largest absolute Gasteiger partial charge is 0.507 e. The van der Waals surface area contributed by atoms with Crippen molar-refractivity contribution in [3.8, 4) is 5.75 Å². The zero-order valence-corrected chi connectivity index (χ0v) is 17.5. The van der Waals surface area contributed by atoms with Crippen LogP contribution in [0, 0.1) is 11.8 Å². The van der Waals surface area contributed by atoms with Crippen LogP contribution in [-0.2, 0) is 4.79 Å². The molecular weight excluding hydrogens is 352 g/mol. The maximum absolute atomic E-state index is 13.0. The third kappa shape index (κ3) is 4.52. The van der Waals surface area contributed by atoms with Gasteiger partial charge in [-0.15, -0.1) is 0 Å². The van der Waals surface area contributed by atoms with Crippen LogP contribution in [0.5, 0.6) is 5.75 Å². The second-order valence-corrected chi connectivity index (χ2v) is 8.85. The number of aromatic hydroxyl groups is 1. The van der Waals surface area contributed by atoms with Crippen LogP contribution in [0.1, 0.15) is 114 Å². The zero-order chi connectivity index (χ0) is 20.1. The summed E-state index contributed by atoms with van der Waals surface area (Å²) < 4.78 is 5.69. The molecule has 28 heavy (non-hydrogen) atoms. The van der Waals surface area contributed by atoms with Gasteiger partial charge in [0.15, 0.2) is 0 Å². The molecule has 0 bridgehead atoms. The van der Waals surface area contributed by atoms with Crippen molar-refractivity contribution >= 4 is 5.78 Å². The minimum atomic E-state index is -0.442. The van der Waals surface area contributed by atoms with Gasteiger partial charge in [-0.2, -0.15) is 0 Å². The van der Waals surface area contributed by atoms with Gasteiger partial charge in [0, 0.05) is 12.0 Å². The summed E-state index contributed by atoms with van der Waals surface area (Å²) in [5.41, 5.74) is -0.0135. The van der Waals surface area contributed by atoms with Crippen LogP contribution < -0.4 is 5.63 Å². The molecular formula is C24H36O4. The second kappa shape index (κ2) is 9.76. The molecule has 0 aliphatic heterocycles. The van der Waals surface area contributed by atoms with E-state index in [1.54, 1.807) is 6.07 Å². The summed E-state index contributed by atoms with van der Waals surface area (Å²) in [7, 11) is 0. The van der Waals surface area contributed by atoms with Crippen molar-refractivity contribution in [2.24, 2.45) is 11.8 Å². The standard InChI is InChI=1S/C24H36O4/c1-3-18(16-11-7-5-8-12-16)22-20(25)15-21(28-24(22)27)19(4-2)23(26)17-13-9-6-10-14-17/h15-19,25H,3-14H2,1-2H3. The van der Waals surface area contributed by atoms with E-state index >= 15 is 0 Å². The molecule has 2 atom stereocenters. The van der Waals surface area contributed by atoms with Crippen molar-refractivity contribution in [1.29, 1.82) is 0 Å². The molecule has 1 heterocycles. The first-order valence-corrected chi connectivity index (χ1v) is 11.5. The smallest absolute Gasteiger partial charge is 0.343 e. The minimum absolute atomic E-state index is 0.0265. The predicted molar refractivity (Wildman–Crippen MR) is 111 cm³/mol. The highest BCUT2D eigenvalue weighted by Crippen LogP contribution is 2.41. The summed E-state index contributed by atoms with van der Waals surface area (Å²) in [5, 5.41) is 10.8. The van der Waals surface area contributed by atoms with Gasteiger partial charge in [0.1, 0.15) is 17.3 Å². The second-order valence-electron chi connectivity index (χ2n) is 8.85. The Balaban J connectivity index is 1.87. The van der Waals surface area contributed by atoms with Crippen molar-refractivity contribution in [3.05, 3.63) is 27.8 Å². The average molecular weight is 389 g/mol. The van der Waals surface area contributed by atoms with Crippen molar-refractivity contribution in [2.75, 3.05) is 0 Å². The SMILES string of the molecule is CCC(C(=O)C1CCCCC1)c1cc(O)c(C(CC)C2CCCCC2)c(=O)o1. The van der Waals surface area contributed by atoms with Crippen LogP contribution in [0.15, 0.2) is 15.3 Å². The Morgan fingerprint density at radius 1 is 1.04 bits per heavy atom. The van der Waals surface area contributed by atoms with Crippen LogP contribution in [0.2, 0.25) is 0 Å². The molecule has 2 saturated carbocycles. The Morgan fingerprint density at radius 2 is 1.64 bits per heavy atom. The van der Waals surface area contributed by atoms with Gasteiger partial charge < -0.3 is 9.52 Å². The fourth-order valence-corrected chi connectivity index (χ4v) is 5.55. The Hall–Kier alpha value is -1.58. The molecule has 3 rings (SSSR count). The molecule has 2 fully saturated rings. The number of carbonyl (C=O) groups is 1. The maximum atomic E-state index is 13.0. The van der Waals surface area contributed by atoms with Crippen molar-refractivity contribution in [1.82, 2.24) is 0 Å². The summed E-state index contributed by atoms with van der Waals surface area (Å²) in [4.78, 5) is 25.9. The van der Waals surface area contributed by atoms with Crippen LogP contribution in [-0.4, -0.2) is 10.9 Å². The maximum Gasteiger partial charge on any atom is 0.343 e. The Bertz CT molecular complexity index is 708. The molecule has 156 valence electrons. The van der Waals surface area contributed by atoms with E-state index in [9.17, 15) is 14.7 Å². The quantitative estimate of drug-likeness (QED) is 0.616. The molecule has 2 aliphatic carbocycles. The van der Waals surface area contributed by atoms with Gasteiger partial charge in [0.25, 0.3) is 0 Å². The molecule has 2 unspecified atom stereocenters. The third-order valence-corrected chi connectivity index (χ3v) is 7.12. The van der Waals surface area contributed by atoms with Crippen molar-refractivity contribution in [3.63, 3.8) is 0 Å². The van der Waals surface area contributed by atoms with Gasteiger partial charge in [-0.1, -0.05) is 52.4 Å². The van der Waals surface area contributed by atoms with E-state index in [0.29, 0.717) is 23.7 Å². The molecule has 0 radical (unpaired) electrons. The highest BCUT2D eigenvalue weighted by molar-refractivity contribution is 5.87. The highest BCUT2D eigenvalue weighted by Gasteiger charge is 2.33. The van der Waals surface area contributed by atoms with E-state index in [-0.39, 0.29) is 23.4 Å². The first-order valence-electron chi connectivity index (χ1n) is 11.5. The fraction of sp³-hybridized carbons (Fsp3) is 0.750. The first kappa shape index (κ1) is 21.1. The predicted octanol–water partition coefficient (Wildman–Crippen LogP) is 6.06. The number of ketones is 1. The molecule has 1 N–H and O–H groups in total. The Morgan fingerprint density at radius 3 is 2.18 bits per heavy atom. The number of carbonyl (C=O) groups excluding carboxylic acids is 1. The third-order valence-electron chi connectivity index (χ3n) is 7.12. The van der Waals surface area contributed by atoms with Gasteiger partial charge in [-0.05, 0) is 50.4 Å². The Labute approximate surface area is 168 Å². The lowest BCUT2D eigenvalue weighted by atomic mass is 9.75. The molecule has 1 aromatic rings. The zero-order valence-electron chi connectivity index (χ0n) is 17.5. The summed E-state index contributed by atoms with van der Waals surface area (Å²) in [5.74, 6) is 0.670. The van der Waals surface area contributed by atoms with E-state index in [4.69, 9.17) is 4.42 Å². The topological polar surface area (TPSA) is 67.5 Å². The molecule has 1 aromatic heterocycles. The highest BCUT2D eigenvalue weighted by atomic mass is 16.4. The van der Waals surface area contributed by atoms with E-state index in [2.05, 4.69) is 6.92 Å². The fourth-order valence-electron chi connectivity index (χ4n) is 5.55. The summed E-state index contributed by atoms with van der Waals surface area (Å²) >= 11 is 0. The summed E-state index contributed by atoms with van der Waals surface area (Å²) in [6.07, 6.45) is 12.5. The first-order chi connectivity index (χ1) is 13.6. The molecule has 0 spiro atoms. The number of Topliss-reactive ketones (excluding diaryl/α,β-unsaturated/α-hetero) is 1. The van der Waals surface area contributed by atoms with Crippen molar-refractivity contribution < 1.29 is 14.3 Å². The monoisotopic (exact) mass is 388 g/mol. The number of hydrogen-bond donors (Lipinski definition) is 1. The number of rotatable bonds is 7. The summed E-state index contributed by atoms with van der Waals surface area (Å²) in [6.45, 7) is 4.03. The van der Waals surface area contributed by atoms with E-state index < -0.39 is 11.5 Å². The van der Waals surface area contributed by atoms with Crippen LogP contribution in [0.25, 0.3) is 0 Å². The van der Waals surface area contributed by atoms with Crippen LogP contribution in [0.3, 0.4) is 0 Å². The van der Waals surface area contributed by atoms with Gasteiger partial charge in [-0.25, -0.2) is 4.79 Å². The van der Waals surface area contributed by atoms with Crippen molar-refractivity contribution in [2.45, 2.75) is 103 Å². The van der Waals surface area contributed by atoms with Gasteiger partial charge in [0.2, 0.25) is 0 Å². The van der Waals surface area contributed by atoms with E-state index in [0.717, 1.165) is 44.9 Å².